The number of aromatic nitrogens is 4. The van der Waals surface area contributed by atoms with Gasteiger partial charge in [-0.05, 0) is 42.8 Å². The van der Waals surface area contributed by atoms with Crippen LogP contribution in [0, 0.1) is 6.92 Å². The van der Waals surface area contributed by atoms with E-state index in [1.54, 1.807) is 40.0 Å². The van der Waals surface area contributed by atoms with Crippen molar-refractivity contribution < 1.29 is 28.2 Å². The number of amides is 2. The summed E-state index contributed by atoms with van der Waals surface area (Å²) >= 11 is 0. The SMILES string of the molecule is COc1ccc2cc1OCCn1cc(nn1)CO[C@H]1CN(C(=O)CCn3c(=O)oc4ccc(C)cc43)C[C@@H]1NC2=O. The molecule has 2 amide bonds. The smallest absolute Gasteiger partial charge is 0.419 e. The van der Waals surface area contributed by atoms with Crippen LogP contribution in [0.25, 0.3) is 11.1 Å². The van der Waals surface area contributed by atoms with Crippen molar-refractivity contribution in [3.05, 3.63) is 70.0 Å². The van der Waals surface area contributed by atoms with Crippen LogP contribution in [0.4, 0.5) is 0 Å². The first-order valence-corrected chi connectivity index (χ1v) is 13.4. The molecule has 2 aliphatic heterocycles. The third-order valence-corrected chi connectivity index (χ3v) is 7.34. The number of hydrogen-bond acceptors (Lipinski definition) is 9. The van der Waals surface area contributed by atoms with Gasteiger partial charge in [-0.3, -0.25) is 14.2 Å². The van der Waals surface area contributed by atoms with Gasteiger partial charge in [-0.25, -0.2) is 9.48 Å². The molecule has 1 saturated heterocycles. The average Bonchev–Trinajstić information content (AvgIpc) is 3.67. The van der Waals surface area contributed by atoms with Gasteiger partial charge < -0.3 is 28.8 Å². The zero-order valence-electron chi connectivity index (χ0n) is 22.7. The second-order valence-corrected chi connectivity index (χ2v) is 10.2. The van der Waals surface area contributed by atoms with Crippen LogP contribution in [-0.4, -0.2) is 75.2 Å². The van der Waals surface area contributed by atoms with Crippen molar-refractivity contribution in [1.29, 1.82) is 0 Å². The number of likely N-dealkylation sites (tertiary alicyclic amines) is 1. The van der Waals surface area contributed by atoms with Crippen LogP contribution in [0.3, 0.4) is 0 Å². The summed E-state index contributed by atoms with van der Waals surface area (Å²) in [5, 5.41) is 11.3. The molecule has 1 N–H and O–H groups in total. The number of ether oxygens (including phenoxy) is 3. The molecular formula is C28H30N6O7. The maximum absolute atomic E-state index is 13.3. The molecule has 41 heavy (non-hydrogen) atoms. The number of rotatable bonds is 4. The Morgan fingerprint density at radius 1 is 1.17 bits per heavy atom. The van der Waals surface area contributed by atoms with Gasteiger partial charge in [-0.15, -0.1) is 5.10 Å². The lowest BCUT2D eigenvalue weighted by Gasteiger charge is -2.20. The second kappa shape index (κ2) is 11.1. The Morgan fingerprint density at radius 3 is 2.90 bits per heavy atom. The highest BCUT2D eigenvalue weighted by Gasteiger charge is 2.37. The van der Waals surface area contributed by atoms with Gasteiger partial charge in [0.05, 0.1) is 44.1 Å². The first kappa shape index (κ1) is 26.6. The van der Waals surface area contributed by atoms with Gasteiger partial charge in [-0.1, -0.05) is 11.3 Å². The van der Waals surface area contributed by atoms with E-state index in [9.17, 15) is 14.4 Å². The maximum Gasteiger partial charge on any atom is 0.419 e. The summed E-state index contributed by atoms with van der Waals surface area (Å²) in [6.45, 7) is 3.53. The normalized spacial score (nSPS) is 19.2. The Labute approximate surface area is 234 Å². The van der Waals surface area contributed by atoms with Crippen LogP contribution in [0.2, 0.25) is 0 Å². The molecule has 4 bridgehead atoms. The van der Waals surface area contributed by atoms with Crippen molar-refractivity contribution >= 4 is 22.9 Å². The van der Waals surface area contributed by atoms with Gasteiger partial charge >= 0.3 is 5.76 Å². The van der Waals surface area contributed by atoms with Crippen LogP contribution in [-0.2, 0) is 29.2 Å². The number of oxazole rings is 1. The van der Waals surface area contributed by atoms with Gasteiger partial charge in [0.1, 0.15) is 12.3 Å². The number of hydrogen-bond donors (Lipinski definition) is 1. The summed E-state index contributed by atoms with van der Waals surface area (Å²) in [6, 6.07) is 9.97. The van der Waals surface area contributed by atoms with E-state index in [2.05, 4.69) is 15.6 Å². The van der Waals surface area contributed by atoms with Crippen LogP contribution in [0.1, 0.15) is 28.0 Å². The number of benzene rings is 2. The Hall–Kier alpha value is -4.65. The molecule has 4 aromatic rings. The fourth-order valence-electron chi connectivity index (χ4n) is 5.17. The third-order valence-electron chi connectivity index (χ3n) is 7.34. The lowest BCUT2D eigenvalue weighted by molar-refractivity contribution is -0.131. The predicted molar refractivity (Wildman–Crippen MR) is 145 cm³/mol. The molecule has 2 atom stereocenters. The van der Waals surface area contributed by atoms with Crippen molar-refractivity contribution in [1.82, 2.24) is 29.8 Å². The molecule has 214 valence electrons. The van der Waals surface area contributed by atoms with Crippen molar-refractivity contribution in [2.24, 2.45) is 0 Å². The topological polar surface area (TPSA) is 143 Å². The Bertz CT molecular complexity index is 1660. The minimum atomic E-state index is -0.504. The molecule has 2 aromatic heterocycles. The lowest BCUT2D eigenvalue weighted by atomic mass is 10.1. The minimum absolute atomic E-state index is 0.0867. The van der Waals surface area contributed by atoms with Crippen LogP contribution < -0.4 is 20.5 Å². The Morgan fingerprint density at radius 2 is 2.05 bits per heavy atom. The molecule has 0 unspecified atom stereocenters. The van der Waals surface area contributed by atoms with E-state index < -0.39 is 17.9 Å². The van der Waals surface area contributed by atoms with Gasteiger partial charge in [0.2, 0.25) is 5.91 Å². The highest BCUT2D eigenvalue weighted by molar-refractivity contribution is 5.95. The molecule has 0 aliphatic carbocycles. The number of nitrogens with one attached hydrogen (secondary N) is 1. The highest BCUT2D eigenvalue weighted by atomic mass is 16.5. The summed E-state index contributed by atoms with van der Waals surface area (Å²) < 4.78 is 25.9. The average molecular weight is 563 g/mol. The highest BCUT2D eigenvalue weighted by Crippen LogP contribution is 2.28. The van der Waals surface area contributed by atoms with E-state index in [4.69, 9.17) is 18.6 Å². The van der Waals surface area contributed by atoms with E-state index >= 15 is 0 Å². The third kappa shape index (κ3) is 5.53. The van der Waals surface area contributed by atoms with E-state index in [0.29, 0.717) is 47.0 Å². The van der Waals surface area contributed by atoms with Crippen LogP contribution in [0.5, 0.6) is 11.5 Å². The summed E-state index contributed by atoms with van der Waals surface area (Å²) in [5.41, 5.74) is 3.13. The van der Waals surface area contributed by atoms with Gasteiger partial charge in [0.15, 0.2) is 17.1 Å². The van der Waals surface area contributed by atoms with Gasteiger partial charge in [-0.2, -0.15) is 0 Å². The summed E-state index contributed by atoms with van der Waals surface area (Å²) in [7, 11) is 1.53. The van der Waals surface area contributed by atoms with E-state index in [0.717, 1.165) is 5.56 Å². The second-order valence-electron chi connectivity index (χ2n) is 10.2. The van der Waals surface area contributed by atoms with E-state index in [1.807, 2.05) is 19.1 Å². The molecule has 13 nitrogen and oxygen atoms in total. The fraction of sp³-hybridized carbons (Fsp3) is 0.393. The molecule has 0 radical (unpaired) electrons. The summed E-state index contributed by atoms with van der Waals surface area (Å²) in [6.07, 6.45) is 1.38. The van der Waals surface area contributed by atoms with Crippen molar-refractivity contribution in [2.75, 3.05) is 26.8 Å². The van der Waals surface area contributed by atoms with Crippen molar-refractivity contribution in [2.45, 2.75) is 45.2 Å². The van der Waals surface area contributed by atoms with Crippen LogP contribution >= 0.6 is 0 Å². The summed E-state index contributed by atoms with van der Waals surface area (Å²) in [4.78, 5) is 40.6. The number of fused-ring (bicyclic) bond motifs is 6. The van der Waals surface area contributed by atoms with Gasteiger partial charge in [0.25, 0.3) is 5.91 Å². The lowest BCUT2D eigenvalue weighted by Crippen LogP contribution is -2.44. The zero-order chi connectivity index (χ0) is 28.5. The van der Waals surface area contributed by atoms with Gasteiger partial charge in [0, 0.05) is 31.6 Å². The van der Waals surface area contributed by atoms with Crippen molar-refractivity contribution in [3.63, 3.8) is 0 Å². The number of nitrogens with zero attached hydrogens (tertiary/aromatic N) is 5. The molecule has 6 rings (SSSR count). The molecule has 4 heterocycles. The molecule has 2 aliphatic rings. The Kier molecular flexibility index (Phi) is 7.18. The molecule has 1 fully saturated rings. The maximum atomic E-state index is 13.3. The van der Waals surface area contributed by atoms with Crippen molar-refractivity contribution in [3.8, 4) is 11.5 Å². The first-order chi connectivity index (χ1) is 19.9. The van der Waals surface area contributed by atoms with E-state index in [-0.39, 0.29) is 44.5 Å². The zero-order valence-corrected chi connectivity index (χ0v) is 22.7. The largest absolute Gasteiger partial charge is 0.493 e. The molecule has 0 spiro atoms. The first-order valence-electron chi connectivity index (χ1n) is 13.4. The summed E-state index contributed by atoms with van der Waals surface area (Å²) in [5.74, 6) is -0.0524. The molecular weight excluding hydrogens is 532 g/mol. The van der Waals surface area contributed by atoms with E-state index in [1.165, 1.54) is 11.7 Å². The van der Waals surface area contributed by atoms with Crippen LogP contribution in [0.15, 0.2) is 51.8 Å². The quantitative estimate of drug-likeness (QED) is 0.392. The number of carbonyl (C=O) groups is 2. The fourth-order valence-corrected chi connectivity index (χ4v) is 5.17. The number of aryl methyl sites for hydroxylation is 2. The predicted octanol–water partition coefficient (Wildman–Crippen LogP) is 1.51. The molecule has 0 saturated carbocycles. The monoisotopic (exact) mass is 562 g/mol. The Balaban J connectivity index is 1.20. The standard InChI is InChI=1S/C28H30N6O7/c1-17-3-5-22-21(11-17)34(28(37)41-22)8-7-26(35)32-14-20-25(15-32)40-16-19-13-33(31-30-19)9-10-39-24-12-18(27(36)29-20)4-6-23(24)38-2/h3-6,11-13,20,25H,7-10,14-16H2,1-2H3,(H,29,36)/t20-,25-/m0/s1. The molecule has 2 aromatic carbocycles. The minimum Gasteiger partial charge on any atom is -0.493 e. The number of carbonyl (C=O) groups excluding carboxylic acids is 2. The molecule has 13 heteroatoms. The number of methoxy groups -OCH3 is 1.